The fraction of sp³-hybridized carbons (Fsp3) is 0.308. The molecule has 2 rings (SSSR count). The molecule has 0 radical (unpaired) electrons. The summed E-state index contributed by atoms with van der Waals surface area (Å²) in [5, 5.41) is 0.619. The summed E-state index contributed by atoms with van der Waals surface area (Å²) in [4.78, 5) is 11.8. The molecule has 0 spiro atoms. The first-order valence-electron chi connectivity index (χ1n) is 6.09. The van der Waals surface area contributed by atoms with Gasteiger partial charge in [-0.15, -0.1) is 4.98 Å². The Kier molecular flexibility index (Phi) is 4.57. The summed E-state index contributed by atoms with van der Waals surface area (Å²) in [6, 6.07) is 7.61. The average Bonchev–Trinajstić information content (AvgIpc) is 2.36. The molecule has 20 heavy (non-hydrogen) atoms. The molecule has 0 aliphatic carbocycles. The molecular weight excluding hydrogens is 280 g/mol. The molecule has 2 aromatic rings. The first kappa shape index (κ1) is 14.3. The highest BCUT2D eigenvalue weighted by atomic mass is 35.5. The Labute approximate surface area is 121 Å². The zero-order valence-corrected chi connectivity index (χ0v) is 12.0. The quantitative estimate of drug-likeness (QED) is 0.912. The van der Waals surface area contributed by atoms with E-state index in [1.54, 1.807) is 6.07 Å². The van der Waals surface area contributed by atoms with Gasteiger partial charge in [0.25, 0.3) is 0 Å². The fourth-order valence-corrected chi connectivity index (χ4v) is 1.63. The van der Waals surface area contributed by atoms with Gasteiger partial charge in [0.2, 0.25) is 5.95 Å². The van der Waals surface area contributed by atoms with E-state index in [0.717, 1.165) is 5.56 Å². The number of hydrogen-bond acceptors (Lipinski definition) is 6. The number of anilines is 1. The molecule has 0 unspecified atom stereocenters. The van der Waals surface area contributed by atoms with Crippen LogP contribution >= 0.6 is 11.6 Å². The summed E-state index contributed by atoms with van der Waals surface area (Å²) in [5.74, 6) is 0.0461. The summed E-state index contributed by atoms with van der Waals surface area (Å²) in [7, 11) is 0. The maximum atomic E-state index is 6.04. The van der Waals surface area contributed by atoms with E-state index in [-0.39, 0.29) is 30.7 Å². The first-order chi connectivity index (χ1) is 9.54. The number of halogens is 1. The molecule has 0 fully saturated rings. The molecule has 0 aliphatic heterocycles. The largest absolute Gasteiger partial charge is 0.461 e. The van der Waals surface area contributed by atoms with Crippen molar-refractivity contribution >= 4 is 17.5 Å². The maximum Gasteiger partial charge on any atom is 0.324 e. The molecule has 7 heteroatoms. The molecule has 106 valence electrons. The molecule has 1 aromatic heterocycles. The minimum absolute atomic E-state index is 0.0461. The van der Waals surface area contributed by atoms with Crippen LogP contribution in [0.3, 0.4) is 0 Å². The maximum absolute atomic E-state index is 6.04. The Hall–Kier alpha value is -2.08. The molecule has 0 amide bonds. The van der Waals surface area contributed by atoms with E-state index in [2.05, 4.69) is 15.0 Å². The zero-order valence-electron chi connectivity index (χ0n) is 11.2. The number of nitrogen functional groups attached to an aromatic ring is 1. The van der Waals surface area contributed by atoms with Crippen LogP contribution in [-0.4, -0.2) is 21.1 Å². The topological polar surface area (TPSA) is 83.2 Å². The monoisotopic (exact) mass is 294 g/mol. The number of hydrogen-bond donors (Lipinski definition) is 1. The summed E-state index contributed by atoms with van der Waals surface area (Å²) in [5.41, 5.74) is 6.42. The molecule has 2 N–H and O–H groups in total. The van der Waals surface area contributed by atoms with Crippen molar-refractivity contribution in [3.05, 3.63) is 34.9 Å². The van der Waals surface area contributed by atoms with E-state index < -0.39 is 0 Å². The number of ether oxygens (including phenoxy) is 2. The third kappa shape index (κ3) is 3.96. The molecule has 1 aromatic carbocycles. The summed E-state index contributed by atoms with van der Waals surface area (Å²) < 4.78 is 10.8. The predicted molar refractivity (Wildman–Crippen MR) is 75.8 cm³/mol. The van der Waals surface area contributed by atoms with Crippen molar-refractivity contribution in [1.29, 1.82) is 0 Å². The Morgan fingerprint density at radius 1 is 1.15 bits per heavy atom. The van der Waals surface area contributed by atoms with Crippen molar-refractivity contribution in [2.75, 3.05) is 5.73 Å². The third-order valence-corrected chi connectivity index (χ3v) is 2.64. The number of benzene rings is 1. The van der Waals surface area contributed by atoms with Crippen LogP contribution in [0.2, 0.25) is 5.02 Å². The normalized spacial score (nSPS) is 10.6. The summed E-state index contributed by atoms with van der Waals surface area (Å²) in [6.45, 7) is 3.97. The van der Waals surface area contributed by atoms with Crippen molar-refractivity contribution in [3.8, 4) is 12.0 Å². The number of rotatable bonds is 5. The molecule has 0 saturated heterocycles. The molecule has 0 saturated carbocycles. The number of aromatic nitrogens is 3. The minimum atomic E-state index is -0.0618. The average molecular weight is 295 g/mol. The Morgan fingerprint density at radius 3 is 2.55 bits per heavy atom. The lowest BCUT2D eigenvalue weighted by Gasteiger charge is -2.10. The standard InChI is InChI=1S/C13H15ClN4O2/c1-8(2)20-13-17-11(15)16-12(18-13)19-7-9-5-3-4-6-10(9)14/h3-6,8H,7H2,1-2H3,(H2,15,16,17,18). The fourth-order valence-electron chi connectivity index (χ4n) is 1.44. The Balaban J connectivity index is 2.09. The third-order valence-electron chi connectivity index (χ3n) is 2.27. The van der Waals surface area contributed by atoms with Crippen LogP contribution in [0.25, 0.3) is 0 Å². The molecule has 6 nitrogen and oxygen atoms in total. The van der Waals surface area contributed by atoms with Crippen molar-refractivity contribution in [3.63, 3.8) is 0 Å². The number of nitrogens with zero attached hydrogens (tertiary/aromatic N) is 3. The highest BCUT2D eigenvalue weighted by Gasteiger charge is 2.09. The van der Waals surface area contributed by atoms with E-state index in [4.69, 9.17) is 26.8 Å². The second kappa shape index (κ2) is 6.38. The lowest BCUT2D eigenvalue weighted by Crippen LogP contribution is -2.11. The van der Waals surface area contributed by atoms with Crippen LogP contribution in [0.4, 0.5) is 5.95 Å². The van der Waals surface area contributed by atoms with E-state index >= 15 is 0 Å². The van der Waals surface area contributed by atoms with Gasteiger partial charge in [0.05, 0.1) is 6.10 Å². The molecule has 1 heterocycles. The first-order valence-corrected chi connectivity index (χ1v) is 6.47. The predicted octanol–water partition coefficient (Wildman–Crippen LogP) is 2.47. The smallest absolute Gasteiger partial charge is 0.324 e. The molecule has 0 bridgehead atoms. The van der Waals surface area contributed by atoms with Gasteiger partial charge in [-0.1, -0.05) is 29.8 Å². The van der Waals surface area contributed by atoms with E-state index in [9.17, 15) is 0 Å². The van der Waals surface area contributed by atoms with Crippen molar-refractivity contribution in [2.45, 2.75) is 26.6 Å². The van der Waals surface area contributed by atoms with Gasteiger partial charge in [0.15, 0.2) is 0 Å². The highest BCUT2D eigenvalue weighted by molar-refractivity contribution is 6.31. The molecule has 0 aliphatic rings. The van der Waals surface area contributed by atoms with Gasteiger partial charge in [-0.05, 0) is 19.9 Å². The summed E-state index contributed by atoms with van der Waals surface area (Å²) >= 11 is 6.04. The van der Waals surface area contributed by atoms with Gasteiger partial charge in [-0.25, -0.2) is 0 Å². The molecular formula is C13H15ClN4O2. The van der Waals surface area contributed by atoms with E-state index in [0.29, 0.717) is 5.02 Å². The Morgan fingerprint density at radius 2 is 1.85 bits per heavy atom. The van der Waals surface area contributed by atoms with Crippen LogP contribution < -0.4 is 15.2 Å². The van der Waals surface area contributed by atoms with Crippen LogP contribution in [0.1, 0.15) is 19.4 Å². The highest BCUT2D eigenvalue weighted by Crippen LogP contribution is 2.18. The number of nitrogens with two attached hydrogens (primary N) is 1. The second-order valence-electron chi connectivity index (χ2n) is 4.31. The minimum Gasteiger partial charge on any atom is -0.461 e. The van der Waals surface area contributed by atoms with E-state index in [1.165, 1.54) is 0 Å². The van der Waals surface area contributed by atoms with Gasteiger partial charge in [-0.3, -0.25) is 0 Å². The van der Waals surface area contributed by atoms with Gasteiger partial charge in [-0.2, -0.15) is 9.97 Å². The van der Waals surface area contributed by atoms with Crippen molar-refractivity contribution in [2.24, 2.45) is 0 Å². The van der Waals surface area contributed by atoms with Crippen LogP contribution in [-0.2, 0) is 6.61 Å². The van der Waals surface area contributed by atoms with Gasteiger partial charge in [0.1, 0.15) is 6.61 Å². The van der Waals surface area contributed by atoms with Crippen LogP contribution in [0.5, 0.6) is 12.0 Å². The van der Waals surface area contributed by atoms with E-state index in [1.807, 2.05) is 32.0 Å². The lowest BCUT2D eigenvalue weighted by molar-refractivity contribution is 0.212. The summed E-state index contributed by atoms with van der Waals surface area (Å²) in [6.07, 6.45) is -0.0618. The zero-order chi connectivity index (χ0) is 14.5. The van der Waals surface area contributed by atoms with Gasteiger partial charge < -0.3 is 15.2 Å². The SMILES string of the molecule is CC(C)Oc1nc(N)nc(OCc2ccccc2Cl)n1. The van der Waals surface area contributed by atoms with Crippen LogP contribution in [0.15, 0.2) is 24.3 Å². The van der Waals surface area contributed by atoms with Crippen molar-refractivity contribution in [1.82, 2.24) is 15.0 Å². The second-order valence-corrected chi connectivity index (χ2v) is 4.71. The van der Waals surface area contributed by atoms with Crippen LogP contribution in [0, 0.1) is 0 Å². The van der Waals surface area contributed by atoms with Crippen molar-refractivity contribution < 1.29 is 9.47 Å². The lowest BCUT2D eigenvalue weighted by atomic mass is 10.2. The van der Waals surface area contributed by atoms with Gasteiger partial charge in [0, 0.05) is 10.6 Å². The Bertz CT molecular complexity index is 592. The van der Waals surface area contributed by atoms with Gasteiger partial charge >= 0.3 is 12.0 Å². The molecule has 0 atom stereocenters.